The first-order valence-electron chi connectivity index (χ1n) is 5.60. The molecule has 1 unspecified atom stereocenters. The number of benzene rings is 1. The third kappa shape index (κ3) is 4.88. The molecule has 1 aromatic carbocycles. The molecule has 0 saturated carbocycles. The van der Waals surface area contributed by atoms with Gasteiger partial charge in [0.05, 0.1) is 16.1 Å². The highest BCUT2D eigenvalue weighted by atomic mass is 79.9. The summed E-state index contributed by atoms with van der Waals surface area (Å²) in [4.78, 5) is -0.148. The Morgan fingerprint density at radius 2 is 1.89 bits per heavy atom. The Labute approximate surface area is 131 Å². The summed E-state index contributed by atoms with van der Waals surface area (Å²) in [7, 11) is -3.79. The van der Waals surface area contributed by atoms with E-state index in [1.165, 1.54) is 12.1 Å². The average Bonchev–Trinajstić information content (AvgIpc) is 2.26. The molecule has 8 heteroatoms. The van der Waals surface area contributed by atoms with E-state index in [0.717, 1.165) is 0 Å². The predicted octanol–water partition coefficient (Wildman–Crippen LogP) is 3.20. The lowest BCUT2D eigenvalue weighted by Crippen LogP contribution is -2.27. The smallest absolute Gasteiger partial charge is 0.243 e. The molecular formula is C11H14BrCl2NO3S. The molecule has 0 saturated heterocycles. The summed E-state index contributed by atoms with van der Waals surface area (Å²) < 4.78 is 27.1. The van der Waals surface area contributed by atoms with E-state index in [1.54, 1.807) is 0 Å². The molecule has 0 aliphatic rings. The lowest BCUT2D eigenvalue weighted by molar-refractivity contribution is 0.162. The molecule has 1 atom stereocenters. The predicted molar refractivity (Wildman–Crippen MR) is 80.3 cm³/mol. The van der Waals surface area contributed by atoms with E-state index in [-0.39, 0.29) is 21.5 Å². The highest BCUT2D eigenvalue weighted by molar-refractivity contribution is 9.10. The maximum atomic E-state index is 12.1. The first-order valence-corrected chi connectivity index (χ1v) is 8.63. The molecule has 0 aliphatic carbocycles. The summed E-state index contributed by atoms with van der Waals surface area (Å²) >= 11 is 15.0. The van der Waals surface area contributed by atoms with Gasteiger partial charge in [-0.15, -0.1) is 0 Å². The first kappa shape index (κ1) is 17.2. The normalized spacial score (nSPS) is 13.5. The van der Waals surface area contributed by atoms with E-state index in [4.69, 9.17) is 23.2 Å². The van der Waals surface area contributed by atoms with Crippen molar-refractivity contribution < 1.29 is 13.5 Å². The fourth-order valence-corrected chi connectivity index (χ4v) is 4.40. The Morgan fingerprint density at radius 3 is 2.37 bits per heavy atom. The second-order valence-corrected chi connectivity index (χ2v) is 7.38. The zero-order chi connectivity index (χ0) is 14.6. The minimum atomic E-state index is -3.79. The number of aliphatic hydroxyl groups excluding tert-OH is 1. The van der Waals surface area contributed by atoms with Gasteiger partial charge >= 0.3 is 0 Å². The molecule has 0 bridgehead atoms. The van der Waals surface area contributed by atoms with Crippen molar-refractivity contribution in [3.8, 4) is 0 Å². The van der Waals surface area contributed by atoms with Gasteiger partial charge in [-0.05, 0) is 25.0 Å². The van der Waals surface area contributed by atoms with Gasteiger partial charge in [-0.2, -0.15) is 0 Å². The summed E-state index contributed by atoms with van der Waals surface area (Å²) in [5, 5.41) is 9.47. The van der Waals surface area contributed by atoms with Crippen LogP contribution in [0.1, 0.15) is 19.8 Å². The molecule has 0 spiro atoms. The van der Waals surface area contributed by atoms with Crippen LogP contribution in [0.5, 0.6) is 0 Å². The van der Waals surface area contributed by atoms with Crippen LogP contribution in [0, 0.1) is 0 Å². The molecule has 108 valence electrons. The largest absolute Gasteiger partial charge is 0.393 e. The minimum Gasteiger partial charge on any atom is -0.393 e. The highest BCUT2D eigenvalue weighted by Gasteiger charge is 2.22. The van der Waals surface area contributed by atoms with Gasteiger partial charge in [0, 0.05) is 11.0 Å². The molecule has 19 heavy (non-hydrogen) atoms. The molecule has 4 nitrogen and oxygen atoms in total. The Hall–Kier alpha value is 0.150. The van der Waals surface area contributed by atoms with Crippen LogP contribution in [-0.2, 0) is 10.0 Å². The van der Waals surface area contributed by atoms with Crippen molar-refractivity contribution >= 4 is 49.2 Å². The Bertz CT molecular complexity index is 528. The van der Waals surface area contributed by atoms with Crippen molar-refractivity contribution in [2.45, 2.75) is 30.8 Å². The molecule has 0 heterocycles. The zero-order valence-corrected chi connectivity index (χ0v) is 14.1. The molecule has 0 aliphatic heterocycles. The van der Waals surface area contributed by atoms with Crippen LogP contribution < -0.4 is 4.72 Å². The summed E-state index contributed by atoms with van der Waals surface area (Å²) in [5.74, 6) is 0. The second-order valence-electron chi connectivity index (χ2n) is 3.95. The molecule has 2 N–H and O–H groups in total. The van der Waals surface area contributed by atoms with Gasteiger partial charge in [-0.25, -0.2) is 13.1 Å². The standard InChI is InChI=1S/C11H14BrCl2NO3S/c1-2-8(16)3-4-15-19(17,18)11-9(13)5-7(12)6-10(11)14/h5-6,8,15-16H,2-4H2,1H3. The highest BCUT2D eigenvalue weighted by Crippen LogP contribution is 2.32. The summed E-state index contributed by atoms with van der Waals surface area (Å²) in [6.07, 6.45) is 0.377. The van der Waals surface area contributed by atoms with Gasteiger partial charge in [0.15, 0.2) is 0 Å². The molecule has 0 aromatic heterocycles. The number of hydrogen-bond donors (Lipinski definition) is 2. The maximum absolute atomic E-state index is 12.1. The molecule has 0 radical (unpaired) electrons. The fraction of sp³-hybridized carbons (Fsp3) is 0.455. The topological polar surface area (TPSA) is 66.4 Å². The summed E-state index contributed by atoms with van der Waals surface area (Å²) in [6, 6.07) is 2.92. The second kappa shape index (κ2) is 7.24. The van der Waals surface area contributed by atoms with Crippen LogP contribution in [-0.4, -0.2) is 26.2 Å². The summed E-state index contributed by atoms with van der Waals surface area (Å²) in [6.45, 7) is 1.95. The van der Waals surface area contributed by atoms with Crippen molar-refractivity contribution in [2.75, 3.05) is 6.54 Å². The molecular weight excluding hydrogens is 377 g/mol. The minimum absolute atomic E-state index is 0.0444. The molecule has 0 fully saturated rings. The van der Waals surface area contributed by atoms with Crippen LogP contribution in [0.25, 0.3) is 0 Å². The third-order valence-electron chi connectivity index (χ3n) is 2.47. The zero-order valence-electron chi connectivity index (χ0n) is 10.2. The number of aliphatic hydroxyl groups is 1. The number of hydrogen-bond acceptors (Lipinski definition) is 3. The molecule has 0 amide bonds. The number of rotatable bonds is 6. The van der Waals surface area contributed by atoms with Crippen LogP contribution in [0.15, 0.2) is 21.5 Å². The van der Waals surface area contributed by atoms with Gasteiger partial charge < -0.3 is 5.11 Å². The lowest BCUT2D eigenvalue weighted by Gasteiger charge is -2.12. The Balaban J connectivity index is 2.89. The van der Waals surface area contributed by atoms with Gasteiger partial charge in [0.25, 0.3) is 0 Å². The van der Waals surface area contributed by atoms with Gasteiger partial charge in [-0.3, -0.25) is 0 Å². The van der Waals surface area contributed by atoms with E-state index >= 15 is 0 Å². The lowest BCUT2D eigenvalue weighted by atomic mass is 10.2. The molecule has 1 rings (SSSR count). The molecule has 1 aromatic rings. The van der Waals surface area contributed by atoms with Gasteiger partial charge in [0.1, 0.15) is 4.90 Å². The van der Waals surface area contributed by atoms with Gasteiger partial charge in [0.2, 0.25) is 10.0 Å². The quantitative estimate of drug-likeness (QED) is 0.783. The van der Waals surface area contributed by atoms with Crippen molar-refractivity contribution in [1.29, 1.82) is 0 Å². The average molecular weight is 391 g/mol. The Kier molecular flexibility index (Phi) is 6.56. The van der Waals surface area contributed by atoms with Crippen LogP contribution in [0.4, 0.5) is 0 Å². The van der Waals surface area contributed by atoms with Crippen LogP contribution in [0.3, 0.4) is 0 Å². The number of sulfonamides is 1. The van der Waals surface area contributed by atoms with Crippen LogP contribution in [0.2, 0.25) is 10.0 Å². The summed E-state index contributed by atoms with van der Waals surface area (Å²) in [5.41, 5.74) is 0. The maximum Gasteiger partial charge on any atom is 0.243 e. The van der Waals surface area contributed by atoms with E-state index in [9.17, 15) is 13.5 Å². The van der Waals surface area contributed by atoms with Crippen LogP contribution >= 0.6 is 39.1 Å². The first-order chi connectivity index (χ1) is 8.77. The Morgan fingerprint density at radius 1 is 1.37 bits per heavy atom. The number of nitrogens with one attached hydrogen (secondary N) is 1. The fourth-order valence-electron chi connectivity index (χ4n) is 1.42. The van der Waals surface area contributed by atoms with Crippen molar-refractivity contribution in [2.24, 2.45) is 0 Å². The van der Waals surface area contributed by atoms with E-state index in [0.29, 0.717) is 17.3 Å². The van der Waals surface area contributed by atoms with Crippen molar-refractivity contribution in [1.82, 2.24) is 4.72 Å². The van der Waals surface area contributed by atoms with Crippen molar-refractivity contribution in [3.05, 3.63) is 26.7 Å². The number of halogens is 3. The van der Waals surface area contributed by atoms with E-state index in [1.807, 2.05) is 6.92 Å². The SMILES string of the molecule is CCC(O)CCNS(=O)(=O)c1c(Cl)cc(Br)cc1Cl. The van der Waals surface area contributed by atoms with Gasteiger partial charge in [-0.1, -0.05) is 46.1 Å². The van der Waals surface area contributed by atoms with E-state index < -0.39 is 16.1 Å². The monoisotopic (exact) mass is 389 g/mol. The van der Waals surface area contributed by atoms with E-state index in [2.05, 4.69) is 20.7 Å². The van der Waals surface area contributed by atoms with Crippen molar-refractivity contribution in [3.63, 3.8) is 0 Å². The third-order valence-corrected chi connectivity index (χ3v) is 5.31.